The minimum absolute atomic E-state index is 0.463. The highest BCUT2D eigenvalue weighted by molar-refractivity contribution is 6.06. The Kier molecular flexibility index (Phi) is 10.1. The van der Waals surface area contributed by atoms with Crippen molar-refractivity contribution in [2.75, 3.05) is 4.90 Å². The molecule has 0 atom stereocenters. The number of hydrogen-bond acceptors (Lipinski definition) is 2. The number of rotatable bonds is 9. The Labute approximate surface area is 425 Å². The van der Waals surface area contributed by atoms with Gasteiger partial charge in [0.2, 0.25) is 0 Å². The highest BCUT2D eigenvalue weighted by Crippen LogP contribution is 2.57. The molecule has 2 nitrogen and oxygen atoms in total. The van der Waals surface area contributed by atoms with Crippen LogP contribution in [0.3, 0.4) is 0 Å². The second-order valence-corrected chi connectivity index (χ2v) is 19.2. The average Bonchev–Trinajstić information content (AvgIpc) is 3.99. The third-order valence-electron chi connectivity index (χ3n) is 15.2. The summed E-state index contributed by atoms with van der Waals surface area (Å²) in [7, 11) is 0. The van der Waals surface area contributed by atoms with Crippen LogP contribution in [0.2, 0.25) is 0 Å². The van der Waals surface area contributed by atoms with Crippen molar-refractivity contribution in [3.8, 4) is 55.6 Å². The van der Waals surface area contributed by atoms with Crippen molar-refractivity contribution >= 4 is 49.8 Å². The molecule has 14 rings (SSSR count). The summed E-state index contributed by atoms with van der Waals surface area (Å²) in [5.41, 5.74) is 21.7. The van der Waals surface area contributed by atoms with Gasteiger partial charge in [0.25, 0.3) is 0 Å². The molecule has 0 spiro atoms. The summed E-state index contributed by atoms with van der Waals surface area (Å²) < 4.78 is 6.18. The summed E-state index contributed by atoms with van der Waals surface area (Å²) >= 11 is 0. The molecule has 0 bridgehead atoms. The first kappa shape index (κ1) is 42.4. The molecule has 0 N–H and O–H groups in total. The van der Waals surface area contributed by atoms with E-state index in [-0.39, 0.29) is 0 Å². The zero-order valence-corrected chi connectivity index (χ0v) is 40.0. The van der Waals surface area contributed by atoms with Crippen LogP contribution >= 0.6 is 0 Å². The van der Waals surface area contributed by atoms with Crippen LogP contribution in [0, 0.1) is 0 Å². The van der Waals surface area contributed by atoms with Crippen LogP contribution in [0.5, 0.6) is 0 Å². The van der Waals surface area contributed by atoms with Gasteiger partial charge in [-0.05, 0) is 155 Å². The maximum atomic E-state index is 6.18. The molecule has 342 valence electrons. The first-order valence-electron chi connectivity index (χ1n) is 25.1. The Morgan fingerprint density at radius 3 is 1.41 bits per heavy atom. The number of anilines is 3. The second kappa shape index (κ2) is 17.4. The zero-order valence-electron chi connectivity index (χ0n) is 40.0. The molecule has 12 aromatic carbocycles. The third kappa shape index (κ3) is 7.10. The summed E-state index contributed by atoms with van der Waals surface area (Å²) in [4.78, 5) is 2.37. The van der Waals surface area contributed by atoms with Crippen molar-refractivity contribution in [3.05, 3.63) is 307 Å². The van der Waals surface area contributed by atoms with E-state index in [9.17, 15) is 0 Å². The van der Waals surface area contributed by atoms with E-state index in [1.54, 1.807) is 0 Å². The molecule has 0 aliphatic heterocycles. The predicted octanol–water partition coefficient (Wildman–Crippen LogP) is 19.2. The van der Waals surface area contributed by atoms with E-state index < -0.39 is 5.41 Å². The Morgan fingerprint density at radius 2 is 0.726 bits per heavy atom. The van der Waals surface area contributed by atoms with Crippen molar-refractivity contribution in [1.29, 1.82) is 0 Å². The molecular weight excluding hydrogens is 883 g/mol. The number of fused-ring (bicyclic) bond motifs is 7. The van der Waals surface area contributed by atoms with Gasteiger partial charge in [-0.2, -0.15) is 0 Å². The minimum Gasteiger partial charge on any atom is -0.456 e. The molecule has 0 amide bonds. The molecular formula is C71H47NO. The van der Waals surface area contributed by atoms with Gasteiger partial charge in [-0.3, -0.25) is 0 Å². The zero-order chi connectivity index (χ0) is 48.3. The van der Waals surface area contributed by atoms with Gasteiger partial charge in [0.1, 0.15) is 11.2 Å². The van der Waals surface area contributed by atoms with Crippen molar-refractivity contribution in [3.63, 3.8) is 0 Å². The maximum Gasteiger partial charge on any atom is 0.135 e. The Morgan fingerprint density at radius 1 is 0.260 bits per heavy atom. The topological polar surface area (TPSA) is 16.4 Å². The lowest BCUT2D eigenvalue weighted by atomic mass is 9.67. The molecule has 1 aliphatic rings. The average molecular weight is 930 g/mol. The second-order valence-electron chi connectivity index (χ2n) is 19.2. The first-order chi connectivity index (χ1) is 36.2. The molecule has 73 heavy (non-hydrogen) atoms. The van der Waals surface area contributed by atoms with Crippen LogP contribution in [0.15, 0.2) is 290 Å². The van der Waals surface area contributed by atoms with Gasteiger partial charge in [-0.1, -0.05) is 218 Å². The first-order valence-corrected chi connectivity index (χ1v) is 25.1. The summed E-state index contributed by atoms with van der Waals surface area (Å²) in [6, 6.07) is 104. The van der Waals surface area contributed by atoms with Crippen molar-refractivity contribution in [2.24, 2.45) is 0 Å². The molecule has 0 saturated heterocycles. The van der Waals surface area contributed by atoms with Crippen molar-refractivity contribution < 1.29 is 4.42 Å². The molecule has 1 aromatic heterocycles. The van der Waals surface area contributed by atoms with Crippen LogP contribution in [0.1, 0.15) is 22.3 Å². The molecule has 13 aromatic rings. The lowest BCUT2D eigenvalue weighted by molar-refractivity contribution is 0.669. The van der Waals surface area contributed by atoms with Gasteiger partial charge in [0.15, 0.2) is 0 Å². The molecule has 1 heterocycles. The maximum absolute atomic E-state index is 6.18. The highest BCUT2D eigenvalue weighted by atomic mass is 16.3. The summed E-state index contributed by atoms with van der Waals surface area (Å²) in [6.45, 7) is 0. The van der Waals surface area contributed by atoms with Gasteiger partial charge in [-0.25, -0.2) is 0 Å². The van der Waals surface area contributed by atoms with Gasteiger partial charge < -0.3 is 9.32 Å². The van der Waals surface area contributed by atoms with E-state index in [4.69, 9.17) is 4.42 Å². The van der Waals surface area contributed by atoms with Gasteiger partial charge in [0.05, 0.1) is 5.41 Å². The van der Waals surface area contributed by atoms with E-state index in [1.807, 2.05) is 12.1 Å². The van der Waals surface area contributed by atoms with E-state index in [2.05, 4.69) is 278 Å². The Hall–Kier alpha value is -9.50. The fourth-order valence-electron chi connectivity index (χ4n) is 11.7. The molecule has 1 aliphatic carbocycles. The molecule has 0 saturated carbocycles. The largest absolute Gasteiger partial charge is 0.456 e. The number of nitrogens with zero attached hydrogens (tertiary/aromatic N) is 1. The minimum atomic E-state index is -0.463. The van der Waals surface area contributed by atoms with Crippen LogP contribution < -0.4 is 4.90 Å². The Bertz CT molecular complexity index is 4130. The van der Waals surface area contributed by atoms with E-state index in [0.29, 0.717) is 0 Å². The van der Waals surface area contributed by atoms with Crippen molar-refractivity contribution in [2.45, 2.75) is 5.41 Å². The smallest absolute Gasteiger partial charge is 0.135 e. The van der Waals surface area contributed by atoms with E-state index in [0.717, 1.165) is 55.7 Å². The van der Waals surface area contributed by atoms with Gasteiger partial charge in [0, 0.05) is 27.8 Å². The monoisotopic (exact) mass is 929 g/mol. The number of benzene rings is 12. The Balaban J connectivity index is 0.850. The quantitative estimate of drug-likeness (QED) is 0.143. The third-order valence-corrected chi connectivity index (χ3v) is 15.2. The van der Waals surface area contributed by atoms with Crippen LogP contribution in [0.25, 0.3) is 88.3 Å². The standard InChI is InChI=1S/C71H47NO/c1-3-19-56(20-4-1)71(57-21-5-2-6-22-57)67-27-11-9-24-63(67)64-43-35-54(47-68(64)71)50-33-41-60(42-34-50)72(59-39-31-49(32-40-59)53-36-44-70-66(46-53)65-25-10-12-28-69(65)73-70)58-37-29-48(30-38-58)52-17-13-18-55(45-52)62-26-14-16-51-15-7-8-23-61(51)62/h1-47H. The van der Waals surface area contributed by atoms with Gasteiger partial charge >= 0.3 is 0 Å². The number of para-hydroxylation sites is 1. The fraction of sp³-hybridized carbons (Fsp3) is 0.0141. The SMILES string of the molecule is c1ccc(C2(c3ccccc3)c3ccccc3-c3ccc(-c4ccc(N(c5ccc(-c6cccc(-c7cccc8ccccc78)c6)cc5)c5ccc(-c6ccc7oc8ccccc8c7c6)cc5)cc4)cc32)cc1. The van der Waals surface area contributed by atoms with E-state index in [1.165, 1.54) is 72.0 Å². The summed E-state index contributed by atoms with van der Waals surface area (Å²) in [5, 5.41) is 4.76. The molecule has 0 unspecified atom stereocenters. The van der Waals surface area contributed by atoms with E-state index >= 15 is 0 Å². The van der Waals surface area contributed by atoms with Crippen LogP contribution in [0.4, 0.5) is 17.1 Å². The lowest BCUT2D eigenvalue weighted by Crippen LogP contribution is -2.28. The lowest BCUT2D eigenvalue weighted by Gasteiger charge is -2.34. The van der Waals surface area contributed by atoms with Gasteiger partial charge in [-0.15, -0.1) is 0 Å². The normalized spacial score (nSPS) is 12.5. The summed E-state index contributed by atoms with van der Waals surface area (Å²) in [5.74, 6) is 0. The molecule has 2 heteroatoms. The van der Waals surface area contributed by atoms with Crippen LogP contribution in [-0.2, 0) is 5.41 Å². The predicted molar refractivity (Wildman–Crippen MR) is 305 cm³/mol. The fourth-order valence-corrected chi connectivity index (χ4v) is 11.7. The number of hydrogen-bond donors (Lipinski definition) is 0. The highest BCUT2D eigenvalue weighted by Gasteiger charge is 2.46. The molecule has 0 radical (unpaired) electrons. The number of furan rings is 1. The van der Waals surface area contributed by atoms with Crippen LogP contribution in [-0.4, -0.2) is 0 Å². The summed E-state index contributed by atoms with van der Waals surface area (Å²) in [6.07, 6.45) is 0. The van der Waals surface area contributed by atoms with Crippen molar-refractivity contribution in [1.82, 2.24) is 0 Å². The molecule has 0 fully saturated rings.